The highest BCUT2D eigenvalue weighted by Gasteiger charge is 2.36. The predicted molar refractivity (Wildman–Crippen MR) is 79.2 cm³/mol. The third kappa shape index (κ3) is 2.32. The van der Waals surface area contributed by atoms with E-state index in [-0.39, 0.29) is 11.0 Å². The summed E-state index contributed by atoms with van der Waals surface area (Å²) in [6.07, 6.45) is 0.895. The molecule has 3 rings (SSSR count). The highest BCUT2D eigenvalue weighted by Crippen LogP contribution is 2.30. The molecule has 1 aromatic heterocycles. The van der Waals surface area contributed by atoms with Gasteiger partial charge in [0.05, 0.1) is 29.6 Å². The predicted octanol–water partition coefficient (Wildman–Crippen LogP) is 3.14. The van der Waals surface area contributed by atoms with E-state index >= 15 is 0 Å². The van der Waals surface area contributed by atoms with Crippen molar-refractivity contribution in [1.29, 1.82) is 0 Å². The first-order chi connectivity index (χ1) is 9.65. The Morgan fingerprint density at radius 1 is 1.50 bits per heavy atom. The SMILES string of the molecule is COC1(Cn2c(C(C)Cl)nc3ccccc32)CCOC1. The zero-order chi connectivity index (χ0) is 14.2. The molecule has 1 aliphatic rings. The van der Waals surface area contributed by atoms with Gasteiger partial charge in [-0.2, -0.15) is 0 Å². The van der Waals surface area contributed by atoms with Crippen LogP contribution in [0.3, 0.4) is 0 Å². The number of hydrogen-bond donors (Lipinski definition) is 0. The van der Waals surface area contributed by atoms with Crippen molar-refractivity contribution in [2.75, 3.05) is 20.3 Å². The molecule has 0 amide bonds. The van der Waals surface area contributed by atoms with Crippen molar-refractivity contribution in [3.63, 3.8) is 0 Å². The number of halogens is 1. The van der Waals surface area contributed by atoms with E-state index in [1.807, 2.05) is 25.1 Å². The lowest BCUT2D eigenvalue weighted by Gasteiger charge is -2.27. The van der Waals surface area contributed by atoms with E-state index in [1.165, 1.54) is 0 Å². The van der Waals surface area contributed by atoms with Gasteiger partial charge in [-0.25, -0.2) is 4.98 Å². The zero-order valence-corrected chi connectivity index (χ0v) is 12.6. The average Bonchev–Trinajstić information content (AvgIpc) is 3.05. The van der Waals surface area contributed by atoms with E-state index < -0.39 is 0 Å². The molecule has 4 nitrogen and oxygen atoms in total. The summed E-state index contributed by atoms with van der Waals surface area (Å²) in [4.78, 5) is 4.65. The first kappa shape index (κ1) is 13.9. The van der Waals surface area contributed by atoms with Crippen LogP contribution >= 0.6 is 11.6 Å². The lowest BCUT2D eigenvalue weighted by Crippen LogP contribution is -2.37. The summed E-state index contributed by atoms with van der Waals surface area (Å²) >= 11 is 6.30. The van der Waals surface area contributed by atoms with Crippen molar-refractivity contribution in [1.82, 2.24) is 9.55 Å². The number of alkyl halides is 1. The summed E-state index contributed by atoms with van der Waals surface area (Å²) in [5.74, 6) is 0.885. The Bertz CT molecular complexity index is 603. The third-order valence-corrected chi connectivity index (χ3v) is 4.18. The molecular formula is C15H19ClN2O2. The minimum atomic E-state index is -0.274. The highest BCUT2D eigenvalue weighted by atomic mass is 35.5. The van der Waals surface area contributed by atoms with Gasteiger partial charge >= 0.3 is 0 Å². The lowest BCUT2D eigenvalue weighted by atomic mass is 10.0. The van der Waals surface area contributed by atoms with Gasteiger partial charge in [0.2, 0.25) is 0 Å². The van der Waals surface area contributed by atoms with E-state index in [0.29, 0.717) is 6.61 Å². The van der Waals surface area contributed by atoms with E-state index in [2.05, 4.69) is 15.6 Å². The molecule has 1 fully saturated rings. The van der Waals surface area contributed by atoms with Crippen LogP contribution in [-0.4, -0.2) is 35.5 Å². The number of aromatic nitrogens is 2. The lowest BCUT2D eigenvalue weighted by molar-refractivity contribution is -0.0292. The molecule has 0 spiro atoms. The molecule has 2 aromatic rings. The van der Waals surface area contributed by atoms with E-state index in [9.17, 15) is 0 Å². The first-order valence-corrected chi connectivity index (χ1v) is 7.31. The summed E-state index contributed by atoms with van der Waals surface area (Å²) in [6.45, 7) is 4.03. The van der Waals surface area contributed by atoms with Crippen LogP contribution in [0, 0.1) is 0 Å². The largest absolute Gasteiger partial charge is 0.378 e. The van der Waals surface area contributed by atoms with Crippen LogP contribution < -0.4 is 0 Å². The monoisotopic (exact) mass is 294 g/mol. The highest BCUT2D eigenvalue weighted by molar-refractivity contribution is 6.20. The summed E-state index contributed by atoms with van der Waals surface area (Å²) in [7, 11) is 1.75. The summed E-state index contributed by atoms with van der Waals surface area (Å²) in [5.41, 5.74) is 1.79. The molecule has 1 saturated heterocycles. The minimum absolute atomic E-state index is 0.140. The fraction of sp³-hybridized carbons (Fsp3) is 0.533. The topological polar surface area (TPSA) is 36.3 Å². The zero-order valence-electron chi connectivity index (χ0n) is 11.8. The molecule has 2 unspecified atom stereocenters. The van der Waals surface area contributed by atoms with Crippen LogP contribution in [0.4, 0.5) is 0 Å². The summed E-state index contributed by atoms with van der Waals surface area (Å²) < 4.78 is 13.4. The molecule has 5 heteroatoms. The normalized spacial score (nSPS) is 24.4. The summed E-state index contributed by atoms with van der Waals surface area (Å²) in [5, 5.41) is -0.140. The van der Waals surface area contributed by atoms with Crippen molar-refractivity contribution in [3.05, 3.63) is 30.1 Å². The molecular weight excluding hydrogens is 276 g/mol. The molecule has 0 saturated carbocycles. The summed E-state index contributed by atoms with van der Waals surface area (Å²) in [6, 6.07) is 8.10. The minimum Gasteiger partial charge on any atom is -0.378 e. The van der Waals surface area contributed by atoms with Crippen molar-refractivity contribution in [3.8, 4) is 0 Å². The van der Waals surface area contributed by atoms with Gasteiger partial charge < -0.3 is 14.0 Å². The van der Waals surface area contributed by atoms with Gasteiger partial charge in [-0.3, -0.25) is 0 Å². The van der Waals surface area contributed by atoms with E-state index in [0.717, 1.165) is 36.4 Å². The van der Waals surface area contributed by atoms with Crippen LogP contribution in [0.2, 0.25) is 0 Å². The Morgan fingerprint density at radius 2 is 2.30 bits per heavy atom. The number of benzene rings is 1. The van der Waals surface area contributed by atoms with Crippen LogP contribution in [-0.2, 0) is 16.0 Å². The Labute approximate surface area is 123 Å². The van der Waals surface area contributed by atoms with Crippen molar-refractivity contribution in [2.45, 2.75) is 30.9 Å². The van der Waals surface area contributed by atoms with Gasteiger partial charge in [0.15, 0.2) is 0 Å². The molecule has 108 valence electrons. The second-order valence-electron chi connectivity index (χ2n) is 5.35. The average molecular weight is 295 g/mol. The molecule has 0 aliphatic carbocycles. The number of ether oxygens (including phenoxy) is 2. The van der Waals surface area contributed by atoms with Crippen LogP contribution in [0.5, 0.6) is 0 Å². The molecule has 2 atom stereocenters. The maximum atomic E-state index is 6.30. The van der Waals surface area contributed by atoms with Crippen LogP contribution in [0.25, 0.3) is 11.0 Å². The maximum absolute atomic E-state index is 6.30. The molecule has 0 N–H and O–H groups in total. The van der Waals surface area contributed by atoms with Gasteiger partial charge in [0.25, 0.3) is 0 Å². The number of nitrogens with zero attached hydrogens (tertiary/aromatic N) is 2. The Morgan fingerprint density at radius 3 is 2.95 bits per heavy atom. The first-order valence-electron chi connectivity index (χ1n) is 6.87. The second kappa shape index (κ2) is 5.35. The molecule has 0 bridgehead atoms. The quantitative estimate of drug-likeness (QED) is 0.813. The van der Waals surface area contributed by atoms with Gasteiger partial charge in [-0.1, -0.05) is 12.1 Å². The standard InChI is InChI=1S/C15H19ClN2O2/c1-11(16)14-17-12-5-3-4-6-13(12)18(14)9-15(19-2)7-8-20-10-15/h3-6,11H,7-10H2,1-2H3. The second-order valence-corrected chi connectivity index (χ2v) is 6.01. The Hall–Kier alpha value is -1.10. The fourth-order valence-corrected chi connectivity index (χ4v) is 2.96. The van der Waals surface area contributed by atoms with Gasteiger partial charge in [0.1, 0.15) is 11.4 Å². The van der Waals surface area contributed by atoms with Gasteiger partial charge in [-0.05, 0) is 19.1 Å². The molecule has 1 aliphatic heterocycles. The number of imidazole rings is 1. The number of fused-ring (bicyclic) bond motifs is 1. The van der Waals surface area contributed by atoms with Crippen LogP contribution in [0.1, 0.15) is 24.5 Å². The fourth-order valence-electron chi connectivity index (χ4n) is 2.79. The molecule has 20 heavy (non-hydrogen) atoms. The Kier molecular flexibility index (Phi) is 3.71. The molecule has 0 radical (unpaired) electrons. The molecule has 2 heterocycles. The van der Waals surface area contributed by atoms with Crippen LogP contribution in [0.15, 0.2) is 24.3 Å². The number of methoxy groups -OCH3 is 1. The van der Waals surface area contributed by atoms with Crippen molar-refractivity contribution >= 4 is 22.6 Å². The van der Waals surface area contributed by atoms with E-state index in [1.54, 1.807) is 7.11 Å². The van der Waals surface area contributed by atoms with Crippen molar-refractivity contribution < 1.29 is 9.47 Å². The maximum Gasteiger partial charge on any atom is 0.127 e. The van der Waals surface area contributed by atoms with Crippen molar-refractivity contribution in [2.24, 2.45) is 0 Å². The number of hydrogen-bond acceptors (Lipinski definition) is 3. The van der Waals surface area contributed by atoms with E-state index in [4.69, 9.17) is 21.1 Å². The molecule has 1 aromatic carbocycles. The van der Waals surface area contributed by atoms with Gasteiger partial charge in [0, 0.05) is 20.1 Å². The smallest absolute Gasteiger partial charge is 0.127 e. The van der Waals surface area contributed by atoms with Gasteiger partial charge in [-0.15, -0.1) is 11.6 Å². The third-order valence-electron chi connectivity index (χ3n) is 3.99. The number of rotatable bonds is 4. The number of para-hydroxylation sites is 2. The Balaban J connectivity index is 2.07.